The van der Waals surface area contributed by atoms with Crippen molar-refractivity contribution in [3.8, 4) is 11.5 Å². The van der Waals surface area contributed by atoms with Gasteiger partial charge in [-0.05, 0) is 89.9 Å². The maximum Gasteiger partial charge on any atom is 0.266 e. The van der Waals surface area contributed by atoms with Gasteiger partial charge in [-0.2, -0.15) is 0 Å². The molecule has 0 aromatic heterocycles. The molecule has 0 radical (unpaired) electrons. The number of rotatable bonds is 8. The van der Waals surface area contributed by atoms with Crippen LogP contribution >= 0.6 is 39.3 Å². The predicted octanol–water partition coefficient (Wildman–Crippen LogP) is 6.39. The van der Waals surface area contributed by atoms with Crippen LogP contribution in [0.1, 0.15) is 31.9 Å². The number of amidine groups is 1. The summed E-state index contributed by atoms with van der Waals surface area (Å²) < 4.78 is 12.6. The Morgan fingerprint density at radius 1 is 1.16 bits per heavy atom. The lowest BCUT2D eigenvalue weighted by Gasteiger charge is -2.15. The zero-order valence-electron chi connectivity index (χ0n) is 17.7. The summed E-state index contributed by atoms with van der Waals surface area (Å²) in [6.07, 6.45) is 1.87. The molecule has 1 fully saturated rings. The first-order chi connectivity index (χ1) is 15.0. The van der Waals surface area contributed by atoms with Crippen molar-refractivity contribution in [2.75, 3.05) is 19.7 Å². The first-order valence-electron chi connectivity index (χ1n) is 10.1. The van der Waals surface area contributed by atoms with Gasteiger partial charge < -0.3 is 9.47 Å². The molecule has 2 aromatic carbocycles. The van der Waals surface area contributed by atoms with E-state index in [9.17, 15) is 4.79 Å². The monoisotopic (exact) mass is 522 g/mol. The van der Waals surface area contributed by atoms with Gasteiger partial charge >= 0.3 is 0 Å². The Morgan fingerprint density at radius 2 is 1.90 bits per heavy atom. The van der Waals surface area contributed by atoms with Crippen LogP contribution in [-0.4, -0.2) is 35.7 Å². The summed E-state index contributed by atoms with van der Waals surface area (Å²) in [6, 6.07) is 11.3. The Balaban J connectivity index is 1.87. The number of likely N-dealkylation sites (N-methyl/N-ethyl adjacent to an activating group) is 1. The molecule has 164 valence electrons. The SMILES string of the molecule is CCN=C1S/C(=C/c2cc(Br)c(OCc3ccc(Cl)cc3)c(OCC)c2)C(=O)N1CC. The summed E-state index contributed by atoms with van der Waals surface area (Å²) in [6.45, 7) is 7.93. The maximum absolute atomic E-state index is 12.8. The van der Waals surface area contributed by atoms with E-state index in [2.05, 4.69) is 20.9 Å². The molecular weight excluding hydrogens is 500 g/mol. The Bertz CT molecular complexity index is 1010. The van der Waals surface area contributed by atoms with Gasteiger partial charge in [-0.25, -0.2) is 0 Å². The zero-order valence-corrected chi connectivity index (χ0v) is 20.8. The number of nitrogens with zero attached hydrogens (tertiary/aromatic N) is 2. The highest BCUT2D eigenvalue weighted by molar-refractivity contribution is 9.10. The molecule has 2 aromatic rings. The van der Waals surface area contributed by atoms with E-state index in [1.54, 1.807) is 4.90 Å². The lowest BCUT2D eigenvalue weighted by atomic mass is 10.1. The Hall–Kier alpha value is -1.96. The van der Waals surface area contributed by atoms with E-state index < -0.39 is 0 Å². The number of thioether (sulfide) groups is 1. The summed E-state index contributed by atoms with van der Waals surface area (Å²) in [4.78, 5) is 19.5. The maximum atomic E-state index is 12.8. The number of hydrogen-bond acceptors (Lipinski definition) is 5. The lowest BCUT2D eigenvalue weighted by Crippen LogP contribution is -2.28. The van der Waals surface area contributed by atoms with E-state index in [-0.39, 0.29) is 5.91 Å². The van der Waals surface area contributed by atoms with Crippen molar-refractivity contribution in [2.45, 2.75) is 27.4 Å². The van der Waals surface area contributed by atoms with Gasteiger partial charge in [-0.3, -0.25) is 14.7 Å². The third kappa shape index (κ3) is 5.84. The molecule has 0 saturated carbocycles. The van der Waals surface area contributed by atoms with Crippen LogP contribution in [0.3, 0.4) is 0 Å². The quantitative estimate of drug-likeness (QED) is 0.376. The molecule has 1 heterocycles. The van der Waals surface area contributed by atoms with Crippen LogP contribution in [-0.2, 0) is 11.4 Å². The van der Waals surface area contributed by atoms with E-state index in [0.29, 0.717) is 47.7 Å². The van der Waals surface area contributed by atoms with Crippen molar-refractivity contribution in [1.29, 1.82) is 0 Å². The van der Waals surface area contributed by atoms with E-state index in [4.69, 9.17) is 21.1 Å². The van der Waals surface area contributed by atoms with Gasteiger partial charge in [0.1, 0.15) is 6.61 Å². The van der Waals surface area contributed by atoms with Crippen LogP contribution in [0.2, 0.25) is 5.02 Å². The summed E-state index contributed by atoms with van der Waals surface area (Å²) in [5, 5.41) is 1.43. The molecule has 31 heavy (non-hydrogen) atoms. The first kappa shape index (κ1) is 23.7. The Morgan fingerprint density at radius 3 is 2.55 bits per heavy atom. The van der Waals surface area contributed by atoms with Crippen molar-refractivity contribution in [2.24, 2.45) is 4.99 Å². The van der Waals surface area contributed by atoms with Gasteiger partial charge in [-0.15, -0.1) is 0 Å². The molecule has 0 unspecified atom stereocenters. The molecule has 0 N–H and O–H groups in total. The third-order valence-corrected chi connectivity index (χ3v) is 6.31. The molecule has 1 saturated heterocycles. The van der Waals surface area contributed by atoms with Crippen LogP contribution in [0.25, 0.3) is 6.08 Å². The van der Waals surface area contributed by atoms with Crippen molar-refractivity contribution >= 4 is 56.4 Å². The summed E-state index contributed by atoms with van der Waals surface area (Å²) in [7, 11) is 0. The average Bonchev–Trinajstić information content (AvgIpc) is 3.03. The molecule has 0 spiro atoms. The number of carbonyl (C=O) groups excluding carboxylic acids is 1. The number of ether oxygens (including phenoxy) is 2. The second kappa shape index (κ2) is 11.1. The van der Waals surface area contributed by atoms with Crippen LogP contribution in [0.4, 0.5) is 0 Å². The van der Waals surface area contributed by atoms with Gasteiger partial charge in [0.2, 0.25) is 0 Å². The highest BCUT2D eigenvalue weighted by Crippen LogP contribution is 2.39. The fourth-order valence-corrected chi connectivity index (χ4v) is 4.81. The predicted molar refractivity (Wildman–Crippen MR) is 132 cm³/mol. The lowest BCUT2D eigenvalue weighted by molar-refractivity contribution is -0.122. The smallest absolute Gasteiger partial charge is 0.266 e. The first-order valence-corrected chi connectivity index (χ1v) is 12.0. The minimum absolute atomic E-state index is 0.0307. The van der Waals surface area contributed by atoms with Crippen molar-refractivity contribution < 1.29 is 14.3 Å². The van der Waals surface area contributed by atoms with E-state index in [1.807, 2.05) is 63.2 Å². The van der Waals surface area contributed by atoms with E-state index in [0.717, 1.165) is 20.8 Å². The number of hydrogen-bond donors (Lipinski definition) is 0. The number of carbonyl (C=O) groups is 1. The summed E-state index contributed by atoms with van der Waals surface area (Å²) in [5.41, 5.74) is 1.85. The topological polar surface area (TPSA) is 51.1 Å². The number of amides is 1. The molecule has 5 nitrogen and oxygen atoms in total. The van der Waals surface area contributed by atoms with Gasteiger partial charge in [0.15, 0.2) is 16.7 Å². The molecule has 0 atom stereocenters. The number of benzene rings is 2. The third-order valence-electron chi connectivity index (χ3n) is 4.42. The van der Waals surface area contributed by atoms with Crippen molar-refractivity contribution in [3.63, 3.8) is 0 Å². The molecule has 0 aliphatic carbocycles. The van der Waals surface area contributed by atoms with Crippen LogP contribution in [0.15, 0.2) is 50.8 Å². The number of aliphatic imine (C=N–C) groups is 1. The fraction of sp³-hybridized carbons (Fsp3) is 0.304. The minimum Gasteiger partial charge on any atom is -0.490 e. The largest absolute Gasteiger partial charge is 0.490 e. The van der Waals surface area contributed by atoms with Gasteiger partial charge in [0.05, 0.1) is 16.0 Å². The second-order valence-corrected chi connectivity index (χ2v) is 8.89. The van der Waals surface area contributed by atoms with Gasteiger partial charge in [-0.1, -0.05) is 23.7 Å². The minimum atomic E-state index is -0.0307. The number of halogens is 2. The summed E-state index contributed by atoms with van der Waals surface area (Å²) >= 11 is 10.9. The molecule has 0 bridgehead atoms. The molecule has 8 heteroatoms. The van der Waals surface area contributed by atoms with E-state index in [1.165, 1.54) is 11.8 Å². The van der Waals surface area contributed by atoms with Gasteiger partial charge in [0.25, 0.3) is 5.91 Å². The normalized spacial score (nSPS) is 16.4. The molecule has 1 aliphatic heterocycles. The summed E-state index contributed by atoms with van der Waals surface area (Å²) in [5.74, 6) is 1.20. The van der Waals surface area contributed by atoms with Crippen LogP contribution in [0.5, 0.6) is 11.5 Å². The van der Waals surface area contributed by atoms with Crippen molar-refractivity contribution in [1.82, 2.24) is 4.90 Å². The molecule has 1 aliphatic rings. The van der Waals surface area contributed by atoms with Crippen molar-refractivity contribution in [3.05, 3.63) is 61.9 Å². The average molecular weight is 524 g/mol. The zero-order chi connectivity index (χ0) is 22.4. The highest BCUT2D eigenvalue weighted by Gasteiger charge is 2.31. The van der Waals surface area contributed by atoms with E-state index >= 15 is 0 Å². The Labute approximate surface area is 200 Å². The molecule has 3 rings (SSSR count). The fourth-order valence-electron chi connectivity index (χ4n) is 3.00. The van der Waals surface area contributed by atoms with Gasteiger partial charge in [0, 0.05) is 18.1 Å². The standard InChI is InChI=1S/C23H24BrClN2O3S/c1-4-26-23-27(5-2)22(28)20(31-23)13-16-11-18(24)21(19(12-16)29-6-3)30-14-15-7-9-17(25)10-8-15/h7-13H,4-6,14H2,1-3H3/b20-13+,26-23?. The van der Waals surface area contributed by atoms with Crippen LogP contribution < -0.4 is 9.47 Å². The highest BCUT2D eigenvalue weighted by atomic mass is 79.9. The second-order valence-electron chi connectivity index (χ2n) is 6.60. The van der Waals surface area contributed by atoms with Crippen LogP contribution in [0, 0.1) is 0 Å². The molecule has 1 amide bonds. The Kier molecular flexibility index (Phi) is 8.46. The molecular formula is C23H24BrClN2O3S.